The molecule has 0 spiro atoms. The molecule has 0 bridgehead atoms. The Hall–Kier alpha value is -1.70. The van der Waals surface area contributed by atoms with Gasteiger partial charge in [0.25, 0.3) is 0 Å². The number of hydrogen-bond donors (Lipinski definition) is 1. The molecule has 1 heterocycles. The molecule has 2 rings (SSSR count). The number of halogens is 5. The fourth-order valence-electron chi connectivity index (χ4n) is 1.71. The number of nitrogens with zero attached hydrogens (tertiary/aromatic N) is 1. The zero-order valence-corrected chi connectivity index (χ0v) is 10.5. The minimum Gasteiger partial charge on any atom is -0.478 e. The third-order valence-corrected chi connectivity index (χ3v) is 2.99. The van der Waals surface area contributed by atoms with E-state index in [1.807, 2.05) is 0 Å². The Labute approximate surface area is 112 Å². The quantitative estimate of drug-likeness (QED) is 0.635. The van der Waals surface area contributed by atoms with Crippen LogP contribution in [0.3, 0.4) is 0 Å². The summed E-state index contributed by atoms with van der Waals surface area (Å²) < 4.78 is 52.0. The minimum absolute atomic E-state index is 0.535. The lowest BCUT2D eigenvalue weighted by molar-refractivity contribution is -0.136. The van der Waals surface area contributed by atoms with Crippen LogP contribution in [-0.2, 0) is 6.18 Å². The van der Waals surface area contributed by atoms with Gasteiger partial charge >= 0.3 is 12.1 Å². The molecule has 8 heteroatoms. The number of benzene rings is 1. The van der Waals surface area contributed by atoms with Gasteiger partial charge in [-0.3, -0.25) is 0 Å². The van der Waals surface area contributed by atoms with Gasteiger partial charge in [-0.25, -0.2) is 14.2 Å². The Balaban J connectivity index is 3.05. The van der Waals surface area contributed by atoms with Crippen LogP contribution in [0.25, 0.3) is 10.9 Å². The monoisotopic (exact) mass is 337 g/mol. The number of para-hydroxylation sites is 1. The number of pyridine rings is 1. The summed E-state index contributed by atoms with van der Waals surface area (Å²) in [6, 6.07) is 2.99. The van der Waals surface area contributed by atoms with Crippen molar-refractivity contribution in [2.24, 2.45) is 0 Å². The molecular formula is C11H4BrF4NO2. The molecule has 0 aliphatic heterocycles. The summed E-state index contributed by atoms with van der Waals surface area (Å²) in [4.78, 5) is 14.5. The molecule has 19 heavy (non-hydrogen) atoms. The van der Waals surface area contributed by atoms with Crippen LogP contribution in [0, 0.1) is 5.82 Å². The van der Waals surface area contributed by atoms with Crippen molar-refractivity contribution in [3.05, 3.63) is 39.7 Å². The van der Waals surface area contributed by atoms with E-state index in [9.17, 15) is 22.4 Å². The molecule has 0 saturated carbocycles. The Morgan fingerprint density at radius 1 is 1.32 bits per heavy atom. The smallest absolute Gasteiger partial charge is 0.418 e. The predicted octanol–water partition coefficient (Wildman–Crippen LogP) is 3.85. The van der Waals surface area contributed by atoms with Crippen molar-refractivity contribution in [1.82, 2.24) is 4.98 Å². The van der Waals surface area contributed by atoms with Crippen LogP contribution in [0.4, 0.5) is 17.6 Å². The predicted molar refractivity (Wildman–Crippen MR) is 61.4 cm³/mol. The maximum Gasteiger partial charge on any atom is 0.418 e. The lowest BCUT2D eigenvalue weighted by atomic mass is 10.0. The van der Waals surface area contributed by atoms with Gasteiger partial charge in [0.15, 0.2) is 0 Å². The Morgan fingerprint density at radius 2 is 1.95 bits per heavy atom. The highest BCUT2D eigenvalue weighted by Crippen LogP contribution is 2.39. The van der Waals surface area contributed by atoms with Crippen molar-refractivity contribution in [1.29, 1.82) is 0 Å². The van der Waals surface area contributed by atoms with Gasteiger partial charge < -0.3 is 5.11 Å². The standard InChI is InChI=1S/C11H4BrF4NO2/c12-9-6(10(18)19)7(11(14,15)16)4-2-1-3-5(13)8(4)17-9/h1-3H,(H,18,19). The van der Waals surface area contributed by atoms with Crippen molar-refractivity contribution < 1.29 is 27.5 Å². The van der Waals surface area contributed by atoms with Gasteiger partial charge in [0.1, 0.15) is 21.5 Å². The van der Waals surface area contributed by atoms with Crippen molar-refractivity contribution in [2.45, 2.75) is 6.18 Å². The summed E-state index contributed by atoms with van der Waals surface area (Å²) >= 11 is 2.64. The van der Waals surface area contributed by atoms with Crippen LogP contribution in [0.2, 0.25) is 0 Å². The van der Waals surface area contributed by atoms with Crippen molar-refractivity contribution >= 4 is 32.8 Å². The summed E-state index contributed by atoms with van der Waals surface area (Å²) in [5, 5.41) is 8.29. The van der Waals surface area contributed by atoms with E-state index in [1.165, 1.54) is 0 Å². The van der Waals surface area contributed by atoms with E-state index in [1.54, 1.807) is 0 Å². The van der Waals surface area contributed by atoms with Crippen LogP contribution >= 0.6 is 15.9 Å². The van der Waals surface area contributed by atoms with E-state index in [0.29, 0.717) is 0 Å². The molecule has 100 valence electrons. The number of carboxylic acid groups (broad SMARTS) is 1. The van der Waals surface area contributed by atoms with E-state index < -0.39 is 44.6 Å². The number of rotatable bonds is 1. The third-order valence-electron chi connectivity index (χ3n) is 2.42. The highest BCUT2D eigenvalue weighted by molar-refractivity contribution is 9.10. The largest absolute Gasteiger partial charge is 0.478 e. The van der Waals surface area contributed by atoms with Crippen LogP contribution in [0.15, 0.2) is 22.8 Å². The topological polar surface area (TPSA) is 50.2 Å². The summed E-state index contributed by atoms with van der Waals surface area (Å²) in [5.74, 6) is -2.75. The molecule has 0 aliphatic rings. The van der Waals surface area contributed by atoms with Crippen LogP contribution < -0.4 is 0 Å². The average Bonchev–Trinajstić information content (AvgIpc) is 2.27. The molecule has 0 saturated heterocycles. The molecule has 0 radical (unpaired) electrons. The molecule has 0 fully saturated rings. The van der Waals surface area contributed by atoms with E-state index in [0.717, 1.165) is 18.2 Å². The number of carbonyl (C=O) groups is 1. The lowest BCUT2D eigenvalue weighted by Gasteiger charge is -2.14. The first kappa shape index (κ1) is 13.7. The molecule has 1 aromatic carbocycles. The number of hydrogen-bond acceptors (Lipinski definition) is 2. The van der Waals surface area contributed by atoms with Crippen molar-refractivity contribution in [2.75, 3.05) is 0 Å². The van der Waals surface area contributed by atoms with Gasteiger partial charge in [0.2, 0.25) is 0 Å². The summed E-state index contributed by atoms with van der Waals surface area (Å²) in [7, 11) is 0. The first-order valence-corrected chi connectivity index (χ1v) is 5.61. The second-order valence-corrected chi connectivity index (χ2v) is 4.34. The molecule has 2 aromatic rings. The zero-order chi connectivity index (χ0) is 14.4. The molecule has 3 nitrogen and oxygen atoms in total. The number of carboxylic acids is 1. The van der Waals surface area contributed by atoms with E-state index in [-0.39, 0.29) is 0 Å². The molecule has 1 N–H and O–H groups in total. The van der Waals surface area contributed by atoms with Crippen LogP contribution in [0.5, 0.6) is 0 Å². The molecule has 0 unspecified atom stereocenters. The number of aromatic carboxylic acids is 1. The normalized spacial score (nSPS) is 11.8. The fourth-order valence-corrected chi connectivity index (χ4v) is 2.26. The maximum absolute atomic E-state index is 13.5. The second kappa shape index (κ2) is 4.44. The van der Waals surface area contributed by atoms with Gasteiger partial charge in [-0.1, -0.05) is 12.1 Å². The van der Waals surface area contributed by atoms with Gasteiger partial charge in [0.05, 0.1) is 5.56 Å². The van der Waals surface area contributed by atoms with Crippen molar-refractivity contribution in [3.8, 4) is 0 Å². The first-order chi connectivity index (χ1) is 8.73. The maximum atomic E-state index is 13.5. The Kier molecular flexibility index (Phi) is 3.21. The van der Waals surface area contributed by atoms with E-state index in [2.05, 4.69) is 20.9 Å². The minimum atomic E-state index is -4.94. The summed E-state index contributed by atoms with van der Waals surface area (Å²) in [5.41, 5.74) is -2.99. The number of aromatic nitrogens is 1. The molecule has 0 aliphatic carbocycles. The van der Waals surface area contributed by atoms with Crippen LogP contribution in [0.1, 0.15) is 15.9 Å². The second-order valence-electron chi connectivity index (χ2n) is 3.59. The van der Waals surface area contributed by atoms with E-state index in [4.69, 9.17) is 5.11 Å². The molecular weight excluding hydrogens is 334 g/mol. The fraction of sp³-hybridized carbons (Fsp3) is 0.0909. The van der Waals surface area contributed by atoms with E-state index >= 15 is 0 Å². The summed E-state index contributed by atoms with van der Waals surface area (Å²) in [6.07, 6.45) is -4.94. The van der Waals surface area contributed by atoms with Gasteiger partial charge in [0, 0.05) is 5.39 Å². The highest BCUT2D eigenvalue weighted by atomic mass is 79.9. The Bertz CT molecular complexity index is 684. The van der Waals surface area contributed by atoms with Gasteiger partial charge in [-0.05, 0) is 22.0 Å². The average molecular weight is 338 g/mol. The molecule has 0 atom stereocenters. The number of alkyl halides is 3. The third kappa shape index (κ3) is 2.27. The number of fused-ring (bicyclic) bond motifs is 1. The van der Waals surface area contributed by atoms with Crippen molar-refractivity contribution in [3.63, 3.8) is 0 Å². The van der Waals surface area contributed by atoms with Crippen LogP contribution in [-0.4, -0.2) is 16.1 Å². The van der Waals surface area contributed by atoms with Gasteiger partial charge in [-0.15, -0.1) is 0 Å². The lowest BCUT2D eigenvalue weighted by Crippen LogP contribution is -2.15. The first-order valence-electron chi connectivity index (χ1n) is 4.81. The summed E-state index contributed by atoms with van der Waals surface area (Å²) in [6.45, 7) is 0. The van der Waals surface area contributed by atoms with Gasteiger partial charge in [-0.2, -0.15) is 13.2 Å². The molecule has 0 amide bonds. The SMILES string of the molecule is O=C(O)c1c(Br)nc2c(F)cccc2c1C(F)(F)F. The Morgan fingerprint density at radius 3 is 2.47 bits per heavy atom. The molecule has 1 aromatic heterocycles. The highest BCUT2D eigenvalue weighted by Gasteiger charge is 2.39. The zero-order valence-electron chi connectivity index (χ0n) is 8.92.